The van der Waals surface area contributed by atoms with Gasteiger partial charge in [-0.2, -0.15) is 0 Å². The van der Waals surface area contributed by atoms with E-state index in [1.165, 1.54) is 0 Å². The summed E-state index contributed by atoms with van der Waals surface area (Å²) in [7, 11) is 1.65. The molecule has 1 aromatic rings. The van der Waals surface area contributed by atoms with Crippen LogP contribution in [-0.2, 0) is 9.53 Å². The van der Waals surface area contributed by atoms with Crippen molar-refractivity contribution in [3.63, 3.8) is 0 Å². The lowest BCUT2D eigenvalue weighted by Gasteiger charge is -2.07. The van der Waals surface area contributed by atoms with Gasteiger partial charge in [-0.1, -0.05) is 17.7 Å². The average molecular weight is 271 g/mol. The Kier molecular flexibility index (Phi) is 6.72. The van der Waals surface area contributed by atoms with E-state index in [1.807, 2.05) is 19.1 Å². The molecule has 0 aliphatic carbocycles. The number of hydrogen-bond donors (Lipinski definition) is 2. The molecule has 0 heterocycles. The largest absolute Gasteiger partial charge is 0.383 e. The van der Waals surface area contributed by atoms with Crippen LogP contribution in [0.1, 0.15) is 12.0 Å². The van der Waals surface area contributed by atoms with Crippen molar-refractivity contribution in [2.45, 2.75) is 13.3 Å². The number of aryl methyl sites for hydroxylation is 1. The zero-order valence-electron chi connectivity index (χ0n) is 10.8. The van der Waals surface area contributed by atoms with Crippen LogP contribution in [0.15, 0.2) is 18.2 Å². The summed E-state index contributed by atoms with van der Waals surface area (Å²) in [6.07, 6.45) is 0.426. The molecule has 1 amide bonds. The molecule has 0 bridgehead atoms. The summed E-state index contributed by atoms with van der Waals surface area (Å²) in [6, 6.07) is 5.49. The molecule has 0 aliphatic heterocycles. The van der Waals surface area contributed by atoms with E-state index in [0.717, 1.165) is 17.8 Å². The lowest BCUT2D eigenvalue weighted by molar-refractivity contribution is -0.116. The lowest BCUT2D eigenvalue weighted by atomic mass is 10.2. The van der Waals surface area contributed by atoms with Crippen LogP contribution in [0, 0.1) is 6.92 Å². The Morgan fingerprint density at radius 2 is 2.17 bits per heavy atom. The van der Waals surface area contributed by atoms with E-state index in [2.05, 4.69) is 10.6 Å². The zero-order chi connectivity index (χ0) is 13.4. The molecule has 0 spiro atoms. The predicted octanol–water partition coefficient (Wildman–Crippen LogP) is 2.21. The van der Waals surface area contributed by atoms with Crippen LogP contribution >= 0.6 is 11.6 Å². The van der Waals surface area contributed by atoms with Crippen molar-refractivity contribution in [3.8, 4) is 0 Å². The molecule has 1 aromatic carbocycles. The third-order valence-corrected chi connectivity index (χ3v) is 2.87. The summed E-state index contributed by atoms with van der Waals surface area (Å²) in [5.74, 6) is -0.0279. The third-order valence-electron chi connectivity index (χ3n) is 2.47. The summed E-state index contributed by atoms with van der Waals surface area (Å²) < 4.78 is 4.89. The molecule has 0 aromatic heterocycles. The Hall–Kier alpha value is -1.10. The number of halogens is 1. The van der Waals surface area contributed by atoms with Crippen LogP contribution in [0.3, 0.4) is 0 Å². The number of methoxy groups -OCH3 is 1. The SMILES string of the molecule is COCCNCCC(=O)Nc1ccc(C)c(Cl)c1. The predicted molar refractivity (Wildman–Crippen MR) is 74.2 cm³/mol. The topological polar surface area (TPSA) is 50.4 Å². The molecule has 0 saturated heterocycles. The van der Waals surface area contributed by atoms with Crippen LogP contribution in [-0.4, -0.2) is 32.7 Å². The van der Waals surface area contributed by atoms with Gasteiger partial charge in [-0.15, -0.1) is 0 Å². The highest BCUT2D eigenvalue weighted by Crippen LogP contribution is 2.19. The van der Waals surface area contributed by atoms with Crippen LogP contribution in [0.2, 0.25) is 5.02 Å². The first kappa shape index (κ1) is 15.0. The highest BCUT2D eigenvalue weighted by Gasteiger charge is 2.03. The van der Waals surface area contributed by atoms with Gasteiger partial charge in [0, 0.05) is 37.3 Å². The van der Waals surface area contributed by atoms with E-state index in [0.29, 0.717) is 24.6 Å². The minimum absolute atomic E-state index is 0.0279. The van der Waals surface area contributed by atoms with E-state index >= 15 is 0 Å². The van der Waals surface area contributed by atoms with E-state index in [9.17, 15) is 4.79 Å². The molecule has 4 nitrogen and oxygen atoms in total. The molecular formula is C13H19ClN2O2. The highest BCUT2D eigenvalue weighted by atomic mass is 35.5. The molecule has 0 radical (unpaired) electrons. The standard InChI is InChI=1S/C13H19ClN2O2/c1-10-3-4-11(9-12(10)14)16-13(17)5-6-15-7-8-18-2/h3-4,9,15H,5-8H2,1-2H3,(H,16,17). The summed E-state index contributed by atoms with van der Waals surface area (Å²) in [4.78, 5) is 11.6. The average Bonchev–Trinajstić information content (AvgIpc) is 2.34. The molecule has 2 N–H and O–H groups in total. The first-order valence-corrected chi connectivity index (χ1v) is 6.27. The number of ether oxygens (including phenoxy) is 1. The maximum atomic E-state index is 11.6. The van der Waals surface area contributed by atoms with Crippen LogP contribution < -0.4 is 10.6 Å². The third kappa shape index (κ3) is 5.49. The van der Waals surface area contributed by atoms with Gasteiger partial charge in [0.2, 0.25) is 5.91 Å². The van der Waals surface area contributed by atoms with Crippen molar-refractivity contribution < 1.29 is 9.53 Å². The monoisotopic (exact) mass is 270 g/mol. The van der Waals surface area contributed by atoms with E-state index in [-0.39, 0.29) is 5.91 Å². The van der Waals surface area contributed by atoms with Gasteiger partial charge in [-0.05, 0) is 24.6 Å². The fourth-order valence-corrected chi connectivity index (χ4v) is 1.58. The Balaban J connectivity index is 2.29. The zero-order valence-corrected chi connectivity index (χ0v) is 11.5. The fourth-order valence-electron chi connectivity index (χ4n) is 1.40. The van der Waals surface area contributed by atoms with E-state index in [4.69, 9.17) is 16.3 Å². The number of carbonyl (C=O) groups excluding carboxylic acids is 1. The first-order chi connectivity index (χ1) is 8.63. The maximum Gasteiger partial charge on any atom is 0.225 e. The van der Waals surface area contributed by atoms with Crippen LogP contribution in [0.4, 0.5) is 5.69 Å². The molecule has 0 aliphatic rings. The Bertz CT molecular complexity index is 397. The molecule has 0 atom stereocenters. The van der Waals surface area contributed by atoms with Gasteiger partial charge in [0.05, 0.1) is 6.61 Å². The van der Waals surface area contributed by atoms with Crippen molar-refractivity contribution >= 4 is 23.2 Å². The number of anilines is 1. The van der Waals surface area contributed by atoms with Gasteiger partial charge >= 0.3 is 0 Å². The molecule has 0 unspecified atom stereocenters. The number of benzene rings is 1. The van der Waals surface area contributed by atoms with Gasteiger partial charge in [0.15, 0.2) is 0 Å². The van der Waals surface area contributed by atoms with Crippen molar-refractivity contribution in [1.82, 2.24) is 5.32 Å². The summed E-state index contributed by atoms with van der Waals surface area (Å²) in [5.41, 5.74) is 1.73. The van der Waals surface area contributed by atoms with Crippen molar-refractivity contribution in [2.24, 2.45) is 0 Å². The minimum Gasteiger partial charge on any atom is -0.383 e. The Morgan fingerprint density at radius 1 is 1.39 bits per heavy atom. The number of nitrogens with one attached hydrogen (secondary N) is 2. The highest BCUT2D eigenvalue weighted by molar-refractivity contribution is 6.31. The summed E-state index contributed by atoms with van der Waals surface area (Å²) in [5, 5.41) is 6.58. The normalized spacial score (nSPS) is 10.4. The number of amides is 1. The number of carbonyl (C=O) groups is 1. The smallest absolute Gasteiger partial charge is 0.225 e. The van der Waals surface area contributed by atoms with Gasteiger partial charge < -0.3 is 15.4 Å². The maximum absolute atomic E-state index is 11.6. The Labute approximate surface area is 113 Å². The fraction of sp³-hybridized carbons (Fsp3) is 0.462. The van der Waals surface area contributed by atoms with E-state index < -0.39 is 0 Å². The molecule has 100 valence electrons. The molecule has 0 saturated carbocycles. The summed E-state index contributed by atoms with van der Waals surface area (Å²) in [6.45, 7) is 3.96. The van der Waals surface area contributed by atoms with E-state index in [1.54, 1.807) is 13.2 Å². The summed E-state index contributed by atoms with van der Waals surface area (Å²) >= 11 is 5.98. The van der Waals surface area contributed by atoms with Gasteiger partial charge in [0.1, 0.15) is 0 Å². The lowest BCUT2D eigenvalue weighted by Crippen LogP contribution is -2.24. The van der Waals surface area contributed by atoms with Crippen molar-refractivity contribution in [1.29, 1.82) is 0 Å². The number of hydrogen-bond acceptors (Lipinski definition) is 3. The molecule has 1 rings (SSSR count). The van der Waals surface area contributed by atoms with Gasteiger partial charge in [-0.25, -0.2) is 0 Å². The second-order valence-electron chi connectivity index (χ2n) is 4.00. The molecule has 18 heavy (non-hydrogen) atoms. The first-order valence-electron chi connectivity index (χ1n) is 5.89. The quantitative estimate of drug-likeness (QED) is 0.747. The molecule has 0 fully saturated rings. The van der Waals surface area contributed by atoms with Crippen LogP contribution in [0.5, 0.6) is 0 Å². The van der Waals surface area contributed by atoms with Gasteiger partial charge in [0.25, 0.3) is 0 Å². The second kappa shape index (κ2) is 8.08. The van der Waals surface area contributed by atoms with Crippen molar-refractivity contribution in [3.05, 3.63) is 28.8 Å². The number of rotatable bonds is 7. The van der Waals surface area contributed by atoms with Crippen molar-refractivity contribution in [2.75, 3.05) is 32.1 Å². The Morgan fingerprint density at radius 3 is 2.83 bits per heavy atom. The second-order valence-corrected chi connectivity index (χ2v) is 4.41. The molecular weight excluding hydrogens is 252 g/mol. The van der Waals surface area contributed by atoms with Crippen LogP contribution in [0.25, 0.3) is 0 Å². The molecule has 5 heteroatoms. The van der Waals surface area contributed by atoms with Gasteiger partial charge in [-0.3, -0.25) is 4.79 Å². The minimum atomic E-state index is -0.0279.